The number of methoxy groups -OCH3 is 1. The van der Waals surface area contributed by atoms with E-state index in [2.05, 4.69) is 9.72 Å². The lowest BCUT2D eigenvalue weighted by Crippen LogP contribution is -2.04. The van der Waals surface area contributed by atoms with Gasteiger partial charge in [0.1, 0.15) is 0 Å². The largest absolute Gasteiger partial charge is 0.469 e. The first-order valence-electron chi connectivity index (χ1n) is 4.81. The first-order valence-corrected chi connectivity index (χ1v) is 4.81. The molecule has 5 nitrogen and oxygen atoms in total. The number of ether oxygens (including phenoxy) is 1. The summed E-state index contributed by atoms with van der Waals surface area (Å²) >= 11 is 0. The monoisotopic (exact) mass is 210 g/mol. The molecule has 1 rings (SSSR count). The number of nitrogens with zero attached hydrogens (tertiary/aromatic N) is 2. The minimum Gasteiger partial charge on any atom is -0.469 e. The van der Waals surface area contributed by atoms with E-state index in [-0.39, 0.29) is 5.97 Å². The normalized spacial score (nSPS) is 9.93. The van der Waals surface area contributed by atoms with Gasteiger partial charge in [-0.05, 0) is 12.8 Å². The Hall–Kier alpha value is -1.65. The Balaban J connectivity index is 2.26. The molecule has 82 valence electrons. The maximum Gasteiger partial charge on any atom is 0.305 e. The molecule has 0 aliphatic rings. The van der Waals surface area contributed by atoms with Crippen molar-refractivity contribution in [1.82, 2.24) is 9.55 Å². The van der Waals surface area contributed by atoms with E-state index in [1.165, 1.54) is 7.11 Å². The lowest BCUT2D eigenvalue weighted by atomic mass is 10.2. The standard InChI is InChI=1S/C10H14N2O3/c1-15-10(14)4-2-3-6-12-7-5-11-9(12)8-13/h5,7-8H,2-4,6H2,1H3. The molecule has 0 amide bonds. The summed E-state index contributed by atoms with van der Waals surface area (Å²) in [4.78, 5) is 25.2. The Bertz CT molecular complexity index is 333. The van der Waals surface area contributed by atoms with E-state index < -0.39 is 0 Å². The second-order valence-electron chi connectivity index (χ2n) is 3.13. The summed E-state index contributed by atoms with van der Waals surface area (Å²) in [5.41, 5.74) is 0. The summed E-state index contributed by atoms with van der Waals surface area (Å²) in [5.74, 6) is 0.226. The number of hydrogen-bond donors (Lipinski definition) is 0. The molecule has 0 atom stereocenters. The number of rotatable bonds is 6. The van der Waals surface area contributed by atoms with Crippen LogP contribution < -0.4 is 0 Å². The minimum atomic E-state index is -0.198. The minimum absolute atomic E-state index is 0.198. The fourth-order valence-corrected chi connectivity index (χ4v) is 1.28. The number of aldehydes is 1. The van der Waals surface area contributed by atoms with Crippen LogP contribution in [0.15, 0.2) is 12.4 Å². The number of hydrogen-bond acceptors (Lipinski definition) is 4. The van der Waals surface area contributed by atoms with Crippen LogP contribution in [0.1, 0.15) is 29.9 Å². The highest BCUT2D eigenvalue weighted by molar-refractivity contribution is 5.69. The molecule has 0 saturated heterocycles. The van der Waals surface area contributed by atoms with Crippen molar-refractivity contribution in [2.24, 2.45) is 0 Å². The molecular weight excluding hydrogens is 196 g/mol. The van der Waals surface area contributed by atoms with Gasteiger partial charge in [-0.2, -0.15) is 0 Å². The third-order valence-corrected chi connectivity index (χ3v) is 2.11. The molecule has 1 aromatic rings. The molecule has 0 radical (unpaired) electrons. The van der Waals surface area contributed by atoms with E-state index in [0.717, 1.165) is 19.1 Å². The SMILES string of the molecule is COC(=O)CCCCn1ccnc1C=O. The second-order valence-corrected chi connectivity index (χ2v) is 3.13. The maximum absolute atomic E-state index is 10.8. The molecule has 1 aromatic heterocycles. The van der Waals surface area contributed by atoms with E-state index in [1.807, 2.05) is 0 Å². The van der Waals surface area contributed by atoms with Crippen LogP contribution in [-0.2, 0) is 16.1 Å². The molecule has 0 aromatic carbocycles. The van der Waals surface area contributed by atoms with Gasteiger partial charge in [-0.1, -0.05) is 0 Å². The number of aryl methyl sites for hydroxylation is 1. The number of carbonyl (C=O) groups excluding carboxylic acids is 2. The van der Waals surface area contributed by atoms with Gasteiger partial charge in [0, 0.05) is 25.4 Å². The van der Waals surface area contributed by atoms with Gasteiger partial charge in [0.25, 0.3) is 0 Å². The van der Waals surface area contributed by atoms with Crippen LogP contribution >= 0.6 is 0 Å². The summed E-state index contributed by atoms with van der Waals surface area (Å²) in [5, 5.41) is 0. The summed E-state index contributed by atoms with van der Waals surface area (Å²) in [7, 11) is 1.38. The first kappa shape index (κ1) is 11.4. The van der Waals surface area contributed by atoms with Crippen molar-refractivity contribution in [2.45, 2.75) is 25.8 Å². The quantitative estimate of drug-likeness (QED) is 0.400. The second kappa shape index (κ2) is 5.95. The molecule has 0 bridgehead atoms. The number of carbonyl (C=O) groups is 2. The fraction of sp³-hybridized carbons (Fsp3) is 0.500. The van der Waals surface area contributed by atoms with Crippen molar-refractivity contribution in [3.63, 3.8) is 0 Å². The first-order chi connectivity index (χ1) is 7.27. The lowest BCUT2D eigenvalue weighted by molar-refractivity contribution is -0.140. The molecule has 0 N–H and O–H groups in total. The lowest BCUT2D eigenvalue weighted by Gasteiger charge is -2.03. The highest BCUT2D eigenvalue weighted by Crippen LogP contribution is 2.02. The van der Waals surface area contributed by atoms with Crippen molar-refractivity contribution in [2.75, 3.05) is 7.11 Å². The van der Waals surface area contributed by atoms with Crippen molar-refractivity contribution < 1.29 is 14.3 Å². The molecule has 15 heavy (non-hydrogen) atoms. The van der Waals surface area contributed by atoms with Crippen molar-refractivity contribution >= 4 is 12.3 Å². The van der Waals surface area contributed by atoms with Crippen molar-refractivity contribution in [3.05, 3.63) is 18.2 Å². The molecule has 0 aliphatic heterocycles. The molecule has 0 saturated carbocycles. The number of aromatic nitrogens is 2. The van der Waals surface area contributed by atoms with Gasteiger partial charge in [0.2, 0.25) is 0 Å². The van der Waals surface area contributed by atoms with Gasteiger partial charge < -0.3 is 9.30 Å². The van der Waals surface area contributed by atoms with Crippen LogP contribution in [0.3, 0.4) is 0 Å². The van der Waals surface area contributed by atoms with Gasteiger partial charge >= 0.3 is 5.97 Å². The van der Waals surface area contributed by atoms with E-state index >= 15 is 0 Å². The molecule has 0 spiro atoms. The van der Waals surface area contributed by atoms with Gasteiger partial charge in [0.05, 0.1) is 7.11 Å². The zero-order valence-electron chi connectivity index (χ0n) is 8.68. The van der Waals surface area contributed by atoms with Gasteiger partial charge in [-0.25, -0.2) is 4.98 Å². The number of imidazole rings is 1. The van der Waals surface area contributed by atoms with E-state index in [9.17, 15) is 9.59 Å². The van der Waals surface area contributed by atoms with Crippen molar-refractivity contribution in [3.8, 4) is 0 Å². The van der Waals surface area contributed by atoms with Crippen LogP contribution in [0.4, 0.5) is 0 Å². The van der Waals surface area contributed by atoms with Gasteiger partial charge in [-0.3, -0.25) is 9.59 Å². The molecule has 1 heterocycles. The predicted octanol–water partition coefficient (Wildman–Crippen LogP) is 1.04. The van der Waals surface area contributed by atoms with Gasteiger partial charge in [-0.15, -0.1) is 0 Å². The van der Waals surface area contributed by atoms with Crippen molar-refractivity contribution in [1.29, 1.82) is 0 Å². The molecule has 0 aliphatic carbocycles. The molecule has 0 fully saturated rings. The summed E-state index contributed by atoms with van der Waals surface area (Å²) < 4.78 is 6.29. The number of unbranched alkanes of at least 4 members (excludes halogenated alkanes) is 1. The highest BCUT2D eigenvalue weighted by atomic mass is 16.5. The van der Waals surface area contributed by atoms with Crippen LogP contribution in [0, 0.1) is 0 Å². The predicted molar refractivity (Wildman–Crippen MR) is 53.5 cm³/mol. The summed E-state index contributed by atoms with van der Waals surface area (Å²) in [6, 6.07) is 0. The summed E-state index contributed by atoms with van der Waals surface area (Å²) in [6.45, 7) is 0.699. The van der Waals surface area contributed by atoms with Crippen LogP contribution in [-0.4, -0.2) is 28.9 Å². The molecule has 0 unspecified atom stereocenters. The van der Waals surface area contributed by atoms with E-state index in [1.54, 1.807) is 17.0 Å². The Morgan fingerprint density at radius 1 is 1.60 bits per heavy atom. The third kappa shape index (κ3) is 3.53. The fourth-order valence-electron chi connectivity index (χ4n) is 1.28. The van der Waals surface area contributed by atoms with Crippen LogP contribution in [0.2, 0.25) is 0 Å². The zero-order chi connectivity index (χ0) is 11.1. The third-order valence-electron chi connectivity index (χ3n) is 2.11. The Kier molecular flexibility index (Phi) is 4.53. The Labute approximate surface area is 88.1 Å². The molecule has 5 heteroatoms. The highest BCUT2D eigenvalue weighted by Gasteiger charge is 2.02. The van der Waals surface area contributed by atoms with Crippen LogP contribution in [0.25, 0.3) is 0 Å². The summed E-state index contributed by atoms with van der Waals surface area (Å²) in [6.07, 6.45) is 6.06. The number of esters is 1. The topological polar surface area (TPSA) is 61.2 Å². The Morgan fingerprint density at radius 3 is 3.07 bits per heavy atom. The maximum atomic E-state index is 10.8. The smallest absolute Gasteiger partial charge is 0.305 e. The Morgan fingerprint density at radius 2 is 2.40 bits per heavy atom. The van der Waals surface area contributed by atoms with E-state index in [4.69, 9.17) is 0 Å². The van der Waals surface area contributed by atoms with Crippen LogP contribution in [0.5, 0.6) is 0 Å². The zero-order valence-corrected chi connectivity index (χ0v) is 8.68. The van der Waals surface area contributed by atoms with E-state index in [0.29, 0.717) is 18.8 Å². The molecular formula is C10H14N2O3. The average Bonchev–Trinajstić information content (AvgIpc) is 2.71. The average molecular weight is 210 g/mol. The van der Waals surface area contributed by atoms with Gasteiger partial charge in [0.15, 0.2) is 12.1 Å².